The van der Waals surface area contributed by atoms with Gasteiger partial charge in [-0.1, -0.05) is 11.3 Å². The quantitative estimate of drug-likeness (QED) is 0.687. The number of sulfone groups is 1. The highest BCUT2D eigenvalue weighted by atomic mass is 32.2. The Morgan fingerprint density at radius 3 is 2.42 bits per heavy atom. The maximum absolute atomic E-state index is 13.3. The maximum atomic E-state index is 13.3. The Bertz CT molecular complexity index is 1160. The van der Waals surface area contributed by atoms with Gasteiger partial charge in [-0.05, 0) is 56.3 Å². The molecule has 1 aromatic heterocycles. The highest BCUT2D eigenvalue weighted by Crippen LogP contribution is 2.19. The van der Waals surface area contributed by atoms with Crippen molar-refractivity contribution in [3.05, 3.63) is 58.6 Å². The summed E-state index contributed by atoms with van der Waals surface area (Å²) in [6, 6.07) is 10.1. The molecule has 8 heteroatoms. The molecule has 5 nitrogen and oxygen atoms in total. The maximum Gasteiger partial charge on any atom is 0.279 e. The van der Waals surface area contributed by atoms with Crippen LogP contribution in [0.2, 0.25) is 0 Å². The van der Waals surface area contributed by atoms with Crippen LogP contribution >= 0.6 is 11.3 Å². The molecule has 136 valence electrons. The van der Waals surface area contributed by atoms with E-state index < -0.39 is 21.0 Å². The summed E-state index contributed by atoms with van der Waals surface area (Å²) in [6.07, 6.45) is 0. The minimum absolute atomic E-state index is 0.173. The van der Waals surface area contributed by atoms with E-state index >= 15 is 0 Å². The van der Waals surface area contributed by atoms with Crippen LogP contribution in [-0.4, -0.2) is 24.1 Å². The van der Waals surface area contributed by atoms with Gasteiger partial charge in [0.1, 0.15) is 5.82 Å². The van der Waals surface area contributed by atoms with E-state index in [9.17, 15) is 17.6 Å². The first kappa shape index (κ1) is 18.5. The summed E-state index contributed by atoms with van der Waals surface area (Å²) in [5.74, 6) is -0.833. The Kier molecular flexibility index (Phi) is 4.81. The molecule has 0 aliphatic rings. The SMILES string of the molecule is CC(C)S(=O)(=O)c1ccc(C(=O)N=c2sc3cc(F)ccc3n2C)cc1. The van der Waals surface area contributed by atoms with E-state index in [2.05, 4.69) is 4.99 Å². The fourth-order valence-electron chi connectivity index (χ4n) is 2.43. The van der Waals surface area contributed by atoms with Crippen molar-refractivity contribution in [1.82, 2.24) is 4.57 Å². The van der Waals surface area contributed by atoms with E-state index in [-0.39, 0.29) is 16.3 Å². The van der Waals surface area contributed by atoms with Gasteiger partial charge in [-0.25, -0.2) is 12.8 Å². The molecule has 0 atom stereocenters. The number of carbonyl (C=O) groups is 1. The van der Waals surface area contributed by atoms with E-state index in [0.717, 1.165) is 5.52 Å². The molecule has 1 amide bonds. The summed E-state index contributed by atoms with van der Waals surface area (Å²) >= 11 is 1.21. The number of carbonyl (C=O) groups excluding carboxylic acids is 1. The lowest BCUT2D eigenvalue weighted by Crippen LogP contribution is -2.15. The van der Waals surface area contributed by atoms with Gasteiger partial charge >= 0.3 is 0 Å². The van der Waals surface area contributed by atoms with E-state index in [0.29, 0.717) is 9.50 Å². The highest BCUT2D eigenvalue weighted by Gasteiger charge is 2.19. The molecule has 0 bridgehead atoms. The van der Waals surface area contributed by atoms with E-state index in [4.69, 9.17) is 0 Å². The van der Waals surface area contributed by atoms with Crippen molar-refractivity contribution in [3.8, 4) is 0 Å². The topological polar surface area (TPSA) is 68.5 Å². The number of hydrogen-bond donors (Lipinski definition) is 0. The molecule has 0 aliphatic carbocycles. The lowest BCUT2D eigenvalue weighted by atomic mass is 10.2. The Morgan fingerprint density at radius 2 is 1.81 bits per heavy atom. The molecule has 0 saturated carbocycles. The summed E-state index contributed by atoms with van der Waals surface area (Å²) in [4.78, 5) is 17.1. The van der Waals surface area contributed by atoms with Gasteiger partial charge in [-0.3, -0.25) is 4.79 Å². The number of fused-ring (bicyclic) bond motifs is 1. The molecule has 0 unspecified atom stereocenters. The van der Waals surface area contributed by atoms with Gasteiger partial charge in [0.15, 0.2) is 14.6 Å². The van der Waals surface area contributed by atoms with Gasteiger partial charge in [0.2, 0.25) is 0 Å². The Morgan fingerprint density at radius 1 is 1.15 bits per heavy atom. The molecule has 0 N–H and O–H groups in total. The van der Waals surface area contributed by atoms with Crippen LogP contribution in [0.4, 0.5) is 4.39 Å². The fourth-order valence-corrected chi connectivity index (χ4v) is 4.53. The largest absolute Gasteiger partial charge is 0.319 e. The molecule has 3 aromatic rings. The van der Waals surface area contributed by atoms with Crippen LogP contribution < -0.4 is 4.80 Å². The van der Waals surface area contributed by atoms with Crippen LogP contribution in [0.5, 0.6) is 0 Å². The summed E-state index contributed by atoms with van der Waals surface area (Å²) in [7, 11) is -1.63. The zero-order chi connectivity index (χ0) is 19.1. The predicted molar refractivity (Wildman–Crippen MR) is 99.4 cm³/mol. The average molecular weight is 392 g/mol. The number of hydrogen-bond acceptors (Lipinski definition) is 4. The van der Waals surface area contributed by atoms with Crippen molar-refractivity contribution in [2.45, 2.75) is 24.0 Å². The normalized spacial score (nSPS) is 12.9. The van der Waals surface area contributed by atoms with Crippen molar-refractivity contribution in [2.24, 2.45) is 12.0 Å². The van der Waals surface area contributed by atoms with E-state index in [1.165, 1.54) is 47.7 Å². The molecule has 0 radical (unpaired) electrons. The zero-order valence-corrected chi connectivity index (χ0v) is 16.1. The predicted octanol–water partition coefficient (Wildman–Crippen LogP) is 3.30. The van der Waals surface area contributed by atoms with Crippen molar-refractivity contribution < 1.29 is 17.6 Å². The summed E-state index contributed by atoms with van der Waals surface area (Å²) in [6.45, 7) is 3.21. The van der Waals surface area contributed by atoms with Crippen LogP contribution in [0.15, 0.2) is 52.4 Å². The summed E-state index contributed by atoms with van der Waals surface area (Å²) in [5, 5.41) is -0.535. The van der Waals surface area contributed by atoms with Crippen molar-refractivity contribution in [2.75, 3.05) is 0 Å². The second-order valence-electron chi connectivity index (χ2n) is 6.09. The molecular weight excluding hydrogens is 375 g/mol. The Labute approximate surface area is 154 Å². The zero-order valence-electron chi connectivity index (χ0n) is 14.4. The number of nitrogens with zero attached hydrogens (tertiary/aromatic N) is 2. The van der Waals surface area contributed by atoms with Crippen molar-refractivity contribution >= 4 is 37.3 Å². The van der Waals surface area contributed by atoms with Crippen LogP contribution in [0, 0.1) is 5.82 Å². The Hall–Kier alpha value is -2.32. The van der Waals surface area contributed by atoms with Crippen LogP contribution in [0.3, 0.4) is 0 Å². The fraction of sp³-hybridized carbons (Fsp3) is 0.222. The van der Waals surface area contributed by atoms with Crippen LogP contribution in [0.1, 0.15) is 24.2 Å². The minimum Gasteiger partial charge on any atom is -0.319 e. The van der Waals surface area contributed by atoms with Gasteiger partial charge in [-0.15, -0.1) is 0 Å². The third kappa shape index (κ3) is 3.34. The third-order valence-electron chi connectivity index (χ3n) is 4.02. The number of amides is 1. The molecule has 0 spiro atoms. The smallest absolute Gasteiger partial charge is 0.279 e. The third-order valence-corrected chi connectivity index (χ3v) is 7.28. The number of halogens is 1. The second-order valence-corrected chi connectivity index (χ2v) is 9.60. The number of aromatic nitrogens is 1. The van der Waals surface area contributed by atoms with Crippen LogP contribution in [0.25, 0.3) is 10.2 Å². The lowest BCUT2D eigenvalue weighted by Gasteiger charge is -2.07. The average Bonchev–Trinajstić information content (AvgIpc) is 2.89. The molecule has 3 rings (SSSR count). The number of rotatable bonds is 3. The van der Waals surface area contributed by atoms with Crippen molar-refractivity contribution in [1.29, 1.82) is 0 Å². The molecule has 26 heavy (non-hydrogen) atoms. The second kappa shape index (κ2) is 6.77. The monoisotopic (exact) mass is 392 g/mol. The molecular formula is C18H17FN2O3S2. The first-order chi connectivity index (χ1) is 12.2. The van der Waals surface area contributed by atoms with Gasteiger partial charge in [0.25, 0.3) is 5.91 Å². The van der Waals surface area contributed by atoms with E-state index in [1.54, 1.807) is 31.5 Å². The summed E-state index contributed by atoms with van der Waals surface area (Å²) in [5.41, 5.74) is 1.07. The minimum atomic E-state index is -3.39. The molecule has 2 aromatic carbocycles. The molecule has 0 saturated heterocycles. The molecule has 0 fully saturated rings. The first-order valence-corrected chi connectivity index (χ1v) is 10.2. The molecule has 0 aliphatic heterocycles. The van der Waals surface area contributed by atoms with Gasteiger partial charge < -0.3 is 4.57 Å². The number of benzene rings is 2. The lowest BCUT2D eigenvalue weighted by molar-refractivity contribution is 0.0998. The number of aryl methyl sites for hydroxylation is 1. The highest BCUT2D eigenvalue weighted by molar-refractivity contribution is 7.92. The van der Waals surface area contributed by atoms with Gasteiger partial charge in [0.05, 0.1) is 20.4 Å². The van der Waals surface area contributed by atoms with Gasteiger partial charge in [-0.2, -0.15) is 4.99 Å². The summed E-state index contributed by atoms with van der Waals surface area (Å²) < 4.78 is 40.0. The Balaban J connectivity index is 1.98. The van der Waals surface area contributed by atoms with Crippen molar-refractivity contribution in [3.63, 3.8) is 0 Å². The van der Waals surface area contributed by atoms with E-state index in [1.807, 2.05) is 0 Å². The number of thiazole rings is 1. The van der Waals surface area contributed by atoms with Gasteiger partial charge in [0, 0.05) is 12.6 Å². The first-order valence-electron chi connectivity index (χ1n) is 7.88. The molecule has 1 heterocycles. The van der Waals surface area contributed by atoms with Crippen LogP contribution in [-0.2, 0) is 16.9 Å². The standard InChI is InChI=1S/C18H17FN2O3S2/c1-11(2)26(23,24)14-7-4-12(5-8-14)17(22)20-18-21(3)15-9-6-13(19)10-16(15)25-18/h4-11H,1-3H3.